The Hall–Kier alpha value is -2.24. The third kappa shape index (κ3) is 3.57. The predicted octanol–water partition coefficient (Wildman–Crippen LogP) is 3.51. The molecule has 0 N–H and O–H groups in total. The minimum absolute atomic E-state index is 0.230. The van der Waals surface area contributed by atoms with Gasteiger partial charge in [0.15, 0.2) is 5.82 Å². The van der Waals surface area contributed by atoms with E-state index >= 15 is 0 Å². The Morgan fingerprint density at radius 3 is 2.48 bits per heavy atom. The molecule has 0 amide bonds. The summed E-state index contributed by atoms with van der Waals surface area (Å²) in [6.45, 7) is 2.80. The Bertz CT molecular complexity index is 754. The van der Waals surface area contributed by atoms with Crippen LogP contribution in [-0.4, -0.2) is 32.2 Å². The van der Waals surface area contributed by atoms with Crippen LogP contribution in [0.25, 0.3) is 5.69 Å². The fraction of sp³-hybridized carbons (Fsp3) is 0.235. The first-order valence-corrected chi connectivity index (χ1v) is 7.81. The topological polar surface area (TPSA) is 46.8 Å². The summed E-state index contributed by atoms with van der Waals surface area (Å²) in [5.41, 5.74) is 2.16. The predicted molar refractivity (Wildman–Crippen MR) is 90.5 cm³/mol. The van der Waals surface area contributed by atoms with Gasteiger partial charge in [0.05, 0.1) is 12.2 Å². The standard InChI is InChI=1S/C17H18ClN5/c1-13(14-8-10-15(18)11-9-14)22(2)12-17-19-20-21-23(17)16-6-4-3-5-7-16/h3-11,13H,12H2,1-2H3. The SMILES string of the molecule is CC(c1ccc(Cl)cc1)N(C)Cc1nnnn1-c1ccccc1. The van der Waals surface area contributed by atoms with Gasteiger partial charge in [-0.25, -0.2) is 0 Å². The van der Waals surface area contributed by atoms with E-state index in [1.54, 1.807) is 4.68 Å². The molecule has 3 rings (SSSR count). The van der Waals surface area contributed by atoms with Crippen LogP contribution in [0.1, 0.15) is 24.4 Å². The minimum atomic E-state index is 0.230. The summed E-state index contributed by atoms with van der Waals surface area (Å²) in [6, 6.07) is 18.0. The van der Waals surface area contributed by atoms with Crippen LogP contribution in [0.15, 0.2) is 54.6 Å². The molecular formula is C17H18ClN5. The smallest absolute Gasteiger partial charge is 0.170 e. The fourth-order valence-corrected chi connectivity index (χ4v) is 2.56. The Kier molecular flexibility index (Phi) is 4.69. The Balaban J connectivity index is 1.77. The molecule has 0 bridgehead atoms. The van der Waals surface area contributed by atoms with Gasteiger partial charge >= 0.3 is 0 Å². The van der Waals surface area contributed by atoms with Crippen molar-refractivity contribution < 1.29 is 0 Å². The fourth-order valence-electron chi connectivity index (χ4n) is 2.43. The Morgan fingerprint density at radius 2 is 1.78 bits per heavy atom. The number of rotatable bonds is 5. The van der Waals surface area contributed by atoms with Crippen LogP contribution in [0, 0.1) is 0 Å². The Labute approximate surface area is 140 Å². The molecule has 0 spiro atoms. The average molecular weight is 328 g/mol. The third-order valence-corrected chi connectivity index (χ3v) is 4.19. The quantitative estimate of drug-likeness (QED) is 0.719. The number of hydrogen-bond donors (Lipinski definition) is 0. The van der Waals surface area contributed by atoms with Crippen molar-refractivity contribution in [3.05, 3.63) is 71.0 Å². The van der Waals surface area contributed by atoms with Crippen LogP contribution >= 0.6 is 11.6 Å². The molecule has 0 aliphatic rings. The molecule has 0 saturated heterocycles. The molecule has 0 aliphatic carbocycles. The van der Waals surface area contributed by atoms with Crippen LogP contribution in [0.3, 0.4) is 0 Å². The van der Waals surface area contributed by atoms with Crippen LogP contribution in [-0.2, 0) is 6.54 Å². The molecule has 1 heterocycles. The lowest BCUT2D eigenvalue weighted by Crippen LogP contribution is -2.24. The summed E-state index contributed by atoms with van der Waals surface area (Å²) in [5, 5.41) is 12.8. The molecule has 2 aromatic carbocycles. The molecule has 6 heteroatoms. The van der Waals surface area contributed by atoms with E-state index in [0.717, 1.165) is 16.5 Å². The molecule has 0 radical (unpaired) electrons. The second kappa shape index (κ2) is 6.89. The highest BCUT2D eigenvalue weighted by Gasteiger charge is 2.16. The maximum atomic E-state index is 5.96. The first-order chi connectivity index (χ1) is 11.1. The van der Waals surface area contributed by atoms with Gasteiger partial charge in [-0.05, 0) is 54.2 Å². The number of benzene rings is 2. The van der Waals surface area contributed by atoms with Gasteiger partial charge in [0, 0.05) is 11.1 Å². The third-order valence-electron chi connectivity index (χ3n) is 3.94. The van der Waals surface area contributed by atoms with E-state index in [1.165, 1.54) is 5.56 Å². The molecule has 1 atom stereocenters. The van der Waals surface area contributed by atoms with Crippen molar-refractivity contribution in [1.82, 2.24) is 25.1 Å². The van der Waals surface area contributed by atoms with Crippen LogP contribution in [0.5, 0.6) is 0 Å². The highest BCUT2D eigenvalue weighted by Crippen LogP contribution is 2.22. The summed E-state index contributed by atoms with van der Waals surface area (Å²) >= 11 is 5.96. The van der Waals surface area contributed by atoms with E-state index in [1.807, 2.05) is 54.6 Å². The van der Waals surface area contributed by atoms with Gasteiger partial charge in [-0.2, -0.15) is 4.68 Å². The zero-order valence-electron chi connectivity index (χ0n) is 13.1. The first kappa shape index (κ1) is 15.6. The van der Waals surface area contributed by atoms with Gasteiger partial charge in [0.1, 0.15) is 0 Å². The van der Waals surface area contributed by atoms with Gasteiger partial charge in [-0.15, -0.1) is 5.10 Å². The largest absolute Gasteiger partial charge is 0.292 e. The van der Waals surface area contributed by atoms with Gasteiger partial charge in [-0.3, -0.25) is 4.90 Å². The lowest BCUT2D eigenvalue weighted by Gasteiger charge is -2.24. The average Bonchev–Trinajstić information content (AvgIpc) is 3.04. The lowest BCUT2D eigenvalue weighted by molar-refractivity contribution is 0.245. The number of nitrogens with zero attached hydrogens (tertiary/aromatic N) is 5. The lowest BCUT2D eigenvalue weighted by atomic mass is 10.1. The van der Waals surface area contributed by atoms with Crippen molar-refractivity contribution in [2.75, 3.05) is 7.05 Å². The summed E-state index contributed by atoms with van der Waals surface area (Å²) in [5.74, 6) is 0.805. The van der Waals surface area contributed by atoms with Crippen molar-refractivity contribution in [1.29, 1.82) is 0 Å². The van der Waals surface area contributed by atoms with Crippen molar-refractivity contribution in [2.24, 2.45) is 0 Å². The van der Waals surface area contributed by atoms with E-state index in [4.69, 9.17) is 11.6 Å². The monoisotopic (exact) mass is 327 g/mol. The summed E-state index contributed by atoms with van der Waals surface area (Å²) in [7, 11) is 2.06. The molecule has 0 fully saturated rings. The van der Waals surface area contributed by atoms with E-state index in [0.29, 0.717) is 6.54 Å². The number of aromatic nitrogens is 4. The molecular weight excluding hydrogens is 310 g/mol. The van der Waals surface area contributed by atoms with E-state index in [-0.39, 0.29) is 6.04 Å². The van der Waals surface area contributed by atoms with Gasteiger partial charge in [-0.1, -0.05) is 41.9 Å². The molecule has 0 saturated carbocycles. The molecule has 0 aliphatic heterocycles. The zero-order valence-corrected chi connectivity index (χ0v) is 13.9. The normalized spacial score (nSPS) is 12.5. The van der Waals surface area contributed by atoms with Crippen molar-refractivity contribution in [2.45, 2.75) is 19.5 Å². The number of tetrazole rings is 1. The highest BCUT2D eigenvalue weighted by molar-refractivity contribution is 6.30. The second-order valence-corrected chi connectivity index (χ2v) is 5.92. The molecule has 1 unspecified atom stereocenters. The molecule has 5 nitrogen and oxygen atoms in total. The number of hydrogen-bond acceptors (Lipinski definition) is 4. The number of halogens is 1. The zero-order chi connectivity index (χ0) is 16.2. The van der Waals surface area contributed by atoms with Crippen LogP contribution < -0.4 is 0 Å². The summed E-state index contributed by atoms with van der Waals surface area (Å²) < 4.78 is 1.77. The van der Waals surface area contributed by atoms with Crippen molar-refractivity contribution >= 4 is 11.6 Å². The van der Waals surface area contributed by atoms with Gasteiger partial charge in [0.2, 0.25) is 0 Å². The second-order valence-electron chi connectivity index (χ2n) is 5.49. The van der Waals surface area contributed by atoms with E-state index < -0.39 is 0 Å². The van der Waals surface area contributed by atoms with Crippen LogP contribution in [0.4, 0.5) is 0 Å². The summed E-state index contributed by atoms with van der Waals surface area (Å²) in [6.07, 6.45) is 0. The number of para-hydroxylation sites is 1. The molecule has 3 aromatic rings. The van der Waals surface area contributed by atoms with Crippen molar-refractivity contribution in [3.8, 4) is 5.69 Å². The molecule has 1 aromatic heterocycles. The summed E-state index contributed by atoms with van der Waals surface area (Å²) in [4.78, 5) is 2.20. The van der Waals surface area contributed by atoms with Gasteiger partial charge in [0.25, 0.3) is 0 Å². The maximum Gasteiger partial charge on any atom is 0.170 e. The van der Waals surface area contributed by atoms with E-state index in [9.17, 15) is 0 Å². The van der Waals surface area contributed by atoms with Crippen molar-refractivity contribution in [3.63, 3.8) is 0 Å². The van der Waals surface area contributed by atoms with Gasteiger partial charge < -0.3 is 0 Å². The highest BCUT2D eigenvalue weighted by atomic mass is 35.5. The minimum Gasteiger partial charge on any atom is -0.292 e. The van der Waals surface area contributed by atoms with E-state index in [2.05, 4.69) is 34.4 Å². The molecule has 23 heavy (non-hydrogen) atoms. The first-order valence-electron chi connectivity index (χ1n) is 7.43. The molecule has 118 valence electrons. The Morgan fingerprint density at radius 1 is 1.09 bits per heavy atom. The van der Waals surface area contributed by atoms with Crippen LogP contribution in [0.2, 0.25) is 5.02 Å². The maximum absolute atomic E-state index is 5.96.